The zero-order chi connectivity index (χ0) is 15.5. The molecule has 0 saturated heterocycles. The molecule has 0 amide bonds. The summed E-state index contributed by atoms with van der Waals surface area (Å²) in [7, 11) is -3.59. The van der Waals surface area contributed by atoms with Crippen molar-refractivity contribution in [3.63, 3.8) is 0 Å². The van der Waals surface area contributed by atoms with Crippen molar-refractivity contribution in [1.82, 2.24) is 4.83 Å². The highest BCUT2D eigenvalue weighted by Gasteiger charge is 2.20. The SMILES string of the molecule is CC1CC=C(C(C)C)/C(=N/NS(=O)(=O)c2ccccc2)C1. The largest absolute Gasteiger partial charge is 0.276 e. The average molecular weight is 306 g/mol. The van der Waals surface area contributed by atoms with Gasteiger partial charge in [-0.15, -0.1) is 0 Å². The predicted octanol–water partition coefficient (Wildman–Crippen LogP) is 3.33. The average Bonchev–Trinajstić information content (AvgIpc) is 2.46. The third-order valence-corrected chi connectivity index (χ3v) is 4.82. The molecule has 0 fully saturated rings. The molecule has 5 heteroatoms. The highest BCUT2D eigenvalue weighted by Crippen LogP contribution is 2.25. The molecule has 114 valence electrons. The number of hydrazone groups is 1. The number of allylic oxidation sites excluding steroid dienone is 2. The van der Waals surface area contributed by atoms with Gasteiger partial charge in [0.05, 0.1) is 10.6 Å². The van der Waals surface area contributed by atoms with Gasteiger partial charge in [-0.1, -0.05) is 45.0 Å². The van der Waals surface area contributed by atoms with E-state index in [1.165, 1.54) is 0 Å². The van der Waals surface area contributed by atoms with Crippen molar-refractivity contribution in [2.24, 2.45) is 16.9 Å². The van der Waals surface area contributed by atoms with E-state index in [0.29, 0.717) is 11.8 Å². The standard InChI is InChI=1S/C16H22N2O2S/c1-12(2)15-10-9-13(3)11-16(15)17-18-21(19,20)14-7-5-4-6-8-14/h4-8,10,12-13,18H,9,11H2,1-3H3/b17-16+. The normalized spacial score (nSPS) is 21.4. The van der Waals surface area contributed by atoms with Crippen LogP contribution >= 0.6 is 0 Å². The first-order chi connectivity index (χ1) is 9.90. The highest BCUT2D eigenvalue weighted by molar-refractivity contribution is 7.89. The second kappa shape index (κ2) is 6.43. The van der Waals surface area contributed by atoms with E-state index in [9.17, 15) is 8.42 Å². The number of sulfonamides is 1. The molecule has 1 aromatic rings. The lowest BCUT2D eigenvalue weighted by atomic mass is 9.84. The van der Waals surface area contributed by atoms with Crippen LogP contribution in [0.2, 0.25) is 0 Å². The van der Waals surface area contributed by atoms with E-state index < -0.39 is 10.0 Å². The fraction of sp³-hybridized carbons (Fsp3) is 0.438. The Morgan fingerprint density at radius 2 is 1.90 bits per heavy atom. The molecule has 1 unspecified atom stereocenters. The van der Waals surface area contributed by atoms with E-state index in [1.54, 1.807) is 30.3 Å². The summed E-state index contributed by atoms with van der Waals surface area (Å²) in [5.74, 6) is 0.838. The lowest BCUT2D eigenvalue weighted by Crippen LogP contribution is -2.24. The molecule has 0 aromatic heterocycles. The van der Waals surface area contributed by atoms with Crippen molar-refractivity contribution in [3.05, 3.63) is 42.0 Å². The second-order valence-corrected chi connectivity index (χ2v) is 7.49. The second-order valence-electron chi connectivity index (χ2n) is 5.83. The smallest absolute Gasteiger partial charge is 0.200 e. The fourth-order valence-corrected chi connectivity index (χ4v) is 3.28. The minimum Gasteiger partial charge on any atom is -0.200 e. The van der Waals surface area contributed by atoms with E-state index >= 15 is 0 Å². The molecule has 2 rings (SSSR count). The van der Waals surface area contributed by atoms with Gasteiger partial charge < -0.3 is 0 Å². The van der Waals surface area contributed by atoms with E-state index in [1.807, 2.05) is 0 Å². The quantitative estimate of drug-likeness (QED) is 0.867. The predicted molar refractivity (Wildman–Crippen MR) is 85.5 cm³/mol. The molecule has 21 heavy (non-hydrogen) atoms. The monoisotopic (exact) mass is 306 g/mol. The molecule has 1 N–H and O–H groups in total. The van der Waals surface area contributed by atoms with Crippen LogP contribution in [0.25, 0.3) is 0 Å². The summed E-state index contributed by atoms with van der Waals surface area (Å²) in [4.78, 5) is 2.60. The van der Waals surface area contributed by atoms with Crippen LogP contribution in [0.4, 0.5) is 0 Å². The Bertz CT molecular complexity index is 646. The van der Waals surface area contributed by atoms with Gasteiger partial charge >= 0.3 is 0 Å². The Morgan fingerprint density at radius 1 is 1.24 bits per heavy atom. The van der Waals surface area contributed by atoms with Crippen LogP contribution in [0.5, 0.6) is 0 Å². The van der Waals surface area contributed by atoms with Crippen LogP contribution < -0.4 is 4.83 Å². The zero-order valence-corrected chi connectivity index (χ0v) is 13.5. The van der Waals surface area contributed by atoms with Gasteiger partial charge in [-0.05, 0) is 42.4 Å². The van der Waals surface area contributed by atoms with Crippen LogP contribution in [0.1, 0.15) is 33.6 Å². The number of nitrogens with zero attached hydrogens (tertiary/aromatic N) is 1. The molecule has 1 aliphatic carbocycles. The maximum atomic E-state index is 12.2. The Hall–Kier alpha value is -1.62. The summed E-state index contributed by atoms with van der Waals surface area (Å²) >= 11 is 0. The number of nitrogens with one attached hydrogen (secondary N) is 1. The minimum atomic E-state index is -3.59. The van der Waals surface area contributed by atoms with Gasteiger partial charge in [-0.2, -0.15) is 18.4 Å². The van der Waals surface area contributed by atoms with Crippen molar-refractivity contribution in [2.45, 2.75) is 38.5 Å². The van der Waals surface area contributed by atoms with Crippen molar-refractivity contribution < 1.29 is 8.42 Å². The van der Waals surface area contributed by atoms with Crippen molar-refractivity contribution in [2.75, 3.05) is 0 Å². The molecule has 1 aliphatic rings. The van der Waals surface area contributed by atoms with Gasteiger partial charge in [-0.25, -0.2) is 0 Å². The Labute approximate surface area is 127 Å². The summed E-state index contributed by atoms with van der Waals surface area (Å²) in [6, 6.07) is 8.30. The first-order valence-electron chi connectivity index (χ1n) is 7.24. The van der Waals surface area contributed by atoms with Crippen LogP contribution in [0, 0.1) is 11.8 Å². The Morgan fingerprint density at radius 3 is 2.52 bits per heavy atom. The topological polar surface area (TPSA) is 58.5 Å². The molecule has 0 aliphatic heterocycles. The minimum absolute atomic E-state index is 0.230. The summed E-state index contributed by atoms with van der Waals surface area (Å²) in [6.07, 6.45) is 4.01. The van der Waals surface area contributed by atoms with Gasteiger partial charge in [0.1, 0.15) is 0 Å². The van der Waals surface area contributed by atoms with Crippen molar-refractivity contribution >= 4 is 15.7 Å². The Balaban J connectivity index is 2.23. The zero-order valence-electron chi connectivity index (χ0n) is 12.7. The van der Waals surface area contributed by atoms with Gasteiger partial charge in [-0.3, -0.25) is 0 Å². The van der Waals surface area contributed by atoms with Crippen molar-refractivity contribution in [3.8, 4) is 0 Å². The third-order valence-electron chi connectivity index (χ3n) is 3.59. The van der Waals surface area contributed by atoms with E-state index in [2.05, 4.69) is 36.8 Å². The van der Waals surface area contributed by atoms with Crippen LogP contribution in [-0.4, -0.2) is 14.1 Å². The van der Waals surface area contributed by atoms with Gasteiger partial charge in [0, 0.05) is 0 Å². The van der Waals surface area contributed by atoms with Gasteiger partial charge in [0.2, 0.25) is 0 Å². The summed E-state index contributed by atoms with van der Waals surface area (Å²) in [5, 5.41) is 4.19. The highest BCUT2D eigenvalue weighted by atomic mass is 32.2. The van der Waals surface area contributed by atoms with Crippen LogP contribution in [-0.2, 0) is 10.0 Å². The molecular formula is C16H22N2O2S. The molecule has 1 atom stereocenters. The number of hydrogen-bond donors (Lipinski definition) is 1. The molecule has 0 heterocycles. The van der Waals surface area contributed by atoms with Crippen molar-refractivity contribution in [1.29, 1.82) is 0 Å². The summed E-state index contributed by atoms with van der Waals surface area (Å²) in [6.45, 7) is 6.35. The molecule has 4 nitrogen and oxygen atoms in total. The molecule has 1 aromatic carbocycles. The molecular weight excluding hydrogens is 284 g/mol. The lowest BCUT2D eigenvalue weighted by Gasteiger charge is -2.23. The first-order valence-corrected chi connectivity index (χ1v) is 8.72. The summed E-state index contributed by atoms with van der Waals surface area (Å²) < 4.78 is 24.4. The summed E-state index contributed by atoms with van der Waals surface area (Å²) in [5.41, 5.74) is 1.99. The van der Waals surface area contributed by atoms with E-state index in [4.69, 9.17) is 0 Å². The maximum absolute atomic E-state index is 12.2. The van der Waals surface area contributed by atoms with Gasteiger partial charge in [0.25, 0.3) is 10.0 Å². The number of rotatable bonds is 4. The Kier molecular flexibility index (Phi) is 4.83. The van der Waals surface area contributed by atoms with E-state index in [0.717, 1.165) is 24.1 Å². The number of hydrogen-bond acceptors (Lipinski definition) is 3. The van der Waals surface area contributed by atoms with Crippen LogP contribution in [0.15, 0.2) is 52.0 Å². The molecule has 0 bridgehead atoms. The van der Waals surface area contributed by atoms with E-state index in [-0.39, 0.29) is 4.90 Å². The maximum Gasteiger partial charge on any atom is 0.276 e. The molecule has 0 saturated carbocycles. The third kappa shape index (κ3) is 3.94. The fourth-order valence-electron chi connectivity index (χ4n) is 2.42. The first kappa shape index (κ1) is 15.8. The number of benzene rings is 1. The molecule has 0 radical (unpaired) electrons. The van der Waals surface area contributed by atoms with Crippen LogP contribution in [0.3, 0.4) is 0 Å². The van der Waals surface area contributed by atoms with Gasteiger partial charge in [0.15, 0.2) is 0 Å². The molecule has 0 spiro atoms. The lowest BCUT2D eigenvalue weighted by molar-refractivity contribution is 0.578.